The zero-order chi connectivity index (χ0) is 12.5. The fourth-order valence-electron chi connectivity index (χ4n) is 2.62. The van der Waals surface area contributed by atoms with E-state index in [0.717, 1.165) is 16.4 Å². The van der Waals surface area contributed by atoms with Gasteiger partial charge in [-0.1, -0.05) is 24.4 Å². The summed E-state index contributed by atoms with van der Waals surface area (Å²) in [7, 11) is 0. The van der Waals surface area contributed by atoms with Gasteiger partial charge < -0.3 is 5.73 Å². The van der Waals surface area contributed by atoms with Crippen molar-refractivity contribution in [3.05, 3.63) is 41.0 Å². The number of benzene rings is 1. The van der Waals surface area contributed by atoms with E-state index >= 15 is 0 Å². The molecule has 0 bridgehead atoms. The third-order valence-corrected chi connectivity index (χ3v) is 3.85. The Morgan fingerprint density at radius 2 is 1.83 bits per heavy atom. The molecule has 3 rings (SSSR count). The zero-order valence-electron chi connectivity index (χ0n) is 10.1. The van der Waals surface area contributed by atoms with Crippen molar-refractivity contribution in [1.82, 2.24) is 9.78 Å². The zero-order valence-corrected chi connectivity index (χ0v) is 10.9. The Hall–Kier alpha value is -1.48. The van der Waals surface area contributed by atoms with E-state index in [4.69, 9.17) is 17.3 Å². The molecule has 1 aromatic heterocycles. The summed E-state index contributed by atoms with van der Waals surface area (Å²) in [6.45, 7) is 0. The summed E-state index contributed by atoms with van der Waals surface area (Å²) in [6.07, 6.45) is 5.07. The van der Waals surface area contributed by atoms with Crippen LogP contribution in [0.4, 0.5) is 5.82 Å². The highest BCUT2D eigenvalue weighted by Gasteiger charge is 2.20. The number of halogens is 1. The van der Waals surface area contributed by atoms with E-state index in [1.807, 2.05) is 30.3 Å². The highest BCUT2D eigenvalue weighted by Crippen LogP contribution is 2.34. The molecule has 1 saturated carbocycles. The van der Waals surface area contributed by atoms with Gasteiger partial charge in [-0.05, 0) is 37.1 Å². The number of aromatic nitrogens is 2. The first kappa shape index (κ1) is 11.6. The number of nitrogen functional groups attached to an aromatic ring is 1. The largest absolute Gasteiger partial charge is 0.384 e. The maximum atomic E-state index is 6.05. The van der Waals surface area contributed by atoms with Crippen LogP contribution in [0.1, 0.15) is 37.3 Å². The molecule has 0 aliphatic heterocycles. The fourth-order valence-corrected chi connectivity index (χ4v) is 2.75. The van der Waals surface area contributed by atoms with E-state index < -0.39 is 0 Å². The van der Waals surface area contributed by atoms with Crippen LogP contribution in [0.2, 0.25) is 5.02 Å². The topological polar surface area (TPSA) is 43.8 Å². The van der Waals surface area contributed by atoms with Crippen molar-refractivity contribution in [2.45, 2.75) is 31.6 Å². The van der Waals surface area contributed by atoms with Gasteiger partial charge in [0, 0.05) is 17.0 Å². The lowest BCUT2D eigenvalue weighted by atomic mass is 10.1. The maximum absolute atomic E-state index is 6.05. The summed E-state index contributed by atoms with van der Waals surface area (Å²) in [6, 6.07) is 9.58. The molecule has 3 nitrogen and oxygen atoms in total. The van der Waals surface area contributed by atoms with Crippen molar-refractivity contribution in [1.29, 1.82) is 0 Å². The van der Waals surface area contributed by atoms with Gasteiger partial charge in [0.2, 0.25) is 0 Å². The summed E-state index contributed by atoms with van der Waals surface area (Å²) in [4.78, 5) is 0. The molecular weight excluding hydrogens is 246 g/mol. The van der Waals surface area contributed by atoms with Gasteiger partial charge in [0.1, 0.15) is 5.82 Å². The highest BCUT2D eigenvalue weighted by molar-refractivity contribution is 6.30. The molecule has 94 valence electrons. The van der Waals surface area contributed by atoms with Gasteiger partial charge in [-0.2, -0.15) is 5.10 Å². The average Bonchev–Trinajstić information content (AvgIpc) is 2.99. The second kappa shape index (κ2) is 4.65. The average molecular weight is 262 g/mol. The van der Waals surface area contributed by atoms with Crippen LogP contribution in [-0.4, -0.2) is 9.78 Å². The Balaban J connectivity index is 1.94. The summed E-state index contributed by atoms with van der Waals surface area (Å²) < 4.78 is 1.80. The number of nitrogens with two attached hydrogens (primary N) is 1. The molecule has 0 saturated heterocycles. The number of anilines is 1. The van der Waals surface area contributed by atoms with Crippen LogP contribution in [0.25, 0.3) is 5.69 Å². The maximum Gasteiger partial charge on any atom is 0.127 e. The van der Waals surface area contributed by atoms with Gasteiger partial charge in [-0.15, -0.1) is 0 Å². The van der Waals surface area contributed by atoms with Gasteiger partial charge >= 0.3 is 0 Å². The minimum absolute atomic E-state index is 0.584. The summed E-state index contributed by atoms with van der Waals surface area (Å²) >= 11 is 5.89. The predicted octanol–water partition coefficient (Wildman–Crippen LogP) is 3.77. The monoisotopic (exact) mass is 261 g/mol. The van der Waals surface area contributed by atoms with Crippen LogP contribution in [0.3, 0.4) is 0 Å². The van der Waals surface area contributed by atoms with E-state index in [2.05, 4.69) is 5.10 Å². The molecule has 2 aromatic rings. The first-order valence-electron chi connectivity index (χ1n) is 6.35. The second-order valence-electron chi connectivity index (χ2n) is 4.86. The van der Waals surface area contributed by atoms with E-state index in [1.54, 1.807) is 4.68 Å². The van der Waals surface area contributed by atoms with Crippen LogP contribution < -0.4 is 5.73 Å². The Labute approximate surface area is 112 Å². The van der Waals surface area contributed by atoms with Gasteiger partial charge in [-0.25, -0.2) is 4.68 Å². The van der Waals surface area contributed by atoms with Crippen LogP contribution >= 0.6 is 11.6 Å². The van der Waals surface area contributed by atoms with Gasteiger partial charge in [0.05, 0.1) is 11.4 Å². The quantitative estimate of drug-likeness (QED) is 0.894. The van der Waals surface area contributed by atoms with Crippen molar-refractivity contribution < 1.29 is 0 Å². The van der Waals surface area contributed by atoms with Crippen LogP contribution in [0.15, 0.2) is 30.3 Å². The van der Waals surface area contributed by atoms with Gasteiger partial charge in [0.25, 0.3) is 0 Å². The number of nitrogens with zero attached hydrogens (tertiary/aromatic N) is 2. The van der Waals surface area contributed by atoms with Crippen LogP contribution in [-0.2, 0) is 0 Å². The van der Waals surface area contributed by atoms with Crippen molar-refractivity contribution in [3.63, 3.8) is 0 Å². The van der Waals surface area contributed by atoms with Gasteiger partial charge in [-0.3, -0.25) is 0 Å². The Kier molecular flexibility index (Phi) is 3.00. The molecule has 1 heterocycles. The van der Waals surface area contributed by atoms with Crippen molar-refractivity contribution >= 4 is 17.4 Å². The van der Waals surface area contributed by atoms with E-state index in [-0.39, 0.29) is 0 Å². The molecule has 4 heteroatoms. The normalized spacial score (nSPS) is 16.3. The van der Waals surface area contributed by atoms with Crippen molar-refractivity contribution in [2.75, 3.05) is 5.73 Å². The number of hydrogen-bond donors (Lipinski definition) is 1. The van der Waals surface area contributed by atoms with E-state index in [9.17, 15) is 0 Å². The Bertz CT molecular complexity index is 539. The van der Waals surface area contributed by atoms with E-state index in [0.29, 0.717) is 11.7 Å². The summed E-state index contributed by atoms with van der Waals surface area (Å²) in [5.41, 5.74) is 8.13. The number of rotatable bonds is 2. The lowest BCUT2D eigenvalue weighted by Crippen LogP contribution is -2.02. The highest BCUT2D eigenvalue weighted by atomic mass is 35.5. The van der Waals surface area contributed by atoms with Gasteiger partial charge in [0.15, 0.2) is 0 Å². The molecule has 0 atom stereocenters. The lowest BCUT2D eigenvalue weighted by molar-refractivity contribution is 0.679. The summed E-state index contributed by atoms with van der Waals surface area (Å²) in [5, 5.41) is 5.36. The standard InChI is InChI=1S/C14H16ClN3/c15-11-5-7-12(8-6-11)18-14(16)9-13(17-18)10-3-1-2-4-10/h5-10H,1-4,16H2. The SMILES string of the molecule is Nc1cc(C2CCCC2)nn1-c1ccc(Cl)cc1. The minimum Gasteiger partial charge on any atom is -0.384 e. The molecule has 0 radical (unpaired) electrons. The molecule has 2 N–H and O–H groups in total. The van der Waals surface area contributed by atoms with Crippen molar-refractivity contribution in [2.24, 2.45) is 0 Å². The molecule has 1 aliphatic rings. The van der Waals surface area contributed by atoms with Crippen LogP contribution in [0, 0.1) is 0 Å². The van der Waals surface area contributed by atoms with Crippen molar-refractivity contribution in [3.8, 4) is 5.69 Å². The molecule has 18 heavy (non-hydrogen) atoms. The van der Waals surface area contributed by atoms with E-state index in [1.165, 1.54) is 25.7 Å². The Morgan fingerprint density at radius 1 is 1.17 bits per heavy atom. The first-order valence-corrected chi connectivity index (χ1v) is 6.73. The second-order valence-corrected chi connectivity index (χ2v) is 5.30. The Morgan fingerprint density at radius 3 is 2.50 bits per heavy atom. The lowest BCUT2D eigenvalue weighted by Gasteiger charge is -2.05. The molecule has 0 spiro atoms. The number of hydrogen-bond acceptors (Lipinski definition) is 2. The smallest absolute Gasteiger partial charge is 0.127 e. The summed E-state index contributed by atoms with van der Waals surface area (Å²) in [5.74, 6) is 1.28. The third kappa shape index (κ3) is 2.10. The first-order chi connectivity index (χ1) is 8.74. The molecule has 1 aromatic carbocycles. The fraction of sp³-hybridized carbons (Fsp3) is 0.357. The molecule has 0 amide bonds. The molecule has 1 aliphatic carbocycles. The third-order valence-electron chi connectivity index (χ3n) is 3.60. The molecule has 1 fully saturated rings. The van der Waals surface area contributed by atoms with Crippen LogP contribution in [0.5, 0.6) is 0 Å². The minimum atomic E-state index is 0.584. The molecule has 0 unspecified atom stereocenters. The molecular formula is C14H16ClN3. The predicted molar refractivity (Wildman–Crippen MR) is 74.2 cm³/mol.